The van der Waals surface area contributed by atoms with Crippen molar-refractivity contribution in [3.8, 4) is 28.1 Å². The van der Waals surface area contributed by atoms with E-state index in [1.165, 1.54) is 25.6 Å². The maximum atomic E-state index is 14.0. The Morgan fingerprint density at radius 3 is 2.23 bits per heavy atom. The van der Waals surface area contributed by atoms with E-state index < -0.39 is 12.1 Å². The van der Waals surface area contributed by atoms with Crippen molar-refractivity contribution >= 4 is 18.1 Å². The summed E-state index contributed by atoms with van der Waals surface area (Å²) >= 11 is 0. The lowest BCUT2D eigenvalue weighted by Crippen LogP contribution is -2.18. The maximum Gasteiger partial charge on any atom is 0.308 e. The van der Waals surface area contributed by atoms with E-state index in [-0.39, 0.29) is 18.2 Å². The van der Waals surface area contributed by atoms with Gasteiger partial charge in [0.05, 0.1) is 42.3 Å². The predicted molar refractivity (Wildman–Crippen MR) is 152 cm³/mol. The van der Waals surface area contributed by atoms with Gasteiger partial charge in [0.15, 0.2) is 12.2 Å². The zero-order chi connectivity index (χ0) is 27.8. The molecule has 1 atom stereocenters. The molecule has 0 bridgehead atoms. The third-order valence-electron chi connectivity index (χ3n) is 6.43. The number of halogens is 1. The maximum absolute atomic E-state index is 14.0. The molecule has 202 valence electrons. The molecule has 1 heterocycles. The van der Waals surface area contributed by atoms with E-state index in [0.29, 0.717) is 18.7 Å². The van der Waals surface area contributed by atoms with Gasteiger partial charge in [-0.25, -0.2) is 9.38 Å². The molecule has 0 saturated heterocycles. The number of esters is 1. The Morgan fingerprint density at radius 2 is 1.62 bits per heavy atom. The van der Waals surface area contributed by atoms with Gasteiger partial charge in [-0.15, -0.1) is 0 Å². The second kappa shape index (κ2) is 13.0. The summed E-state index contributed by atoms with van der Waals surface area (Å²) in [6.45, 7) is 4.54. The summed E-state index contributed by atoms with van der Waals surface area (Å²) in [6, 6.07) is 25.7. The molecule has 4 aromatic rings. The molecule has 1 N–H and O–H groups in total. The van der Waals surface area contributed by atoms with Crippen LogP contribution in [0.1, 0.15) is 38.3 Å². The van der Waals surface area contributed by atoms with Gasteiger partial charge in [0, 0.05) is 6.54 Å². The Bertz CT molecular complexity index is 1400. The highest BCUT2D eigenvalue weighted by molar-refractivity contribution is 5.89. The molecule has 0 radical (unpaired) electrons. The summed E-state index contributed by atoms with van der Waals surface area (Å²) in [6.07, 6.45) is 0.765. The minimum atomic E-state index is -0.884. The minimum absolute atomic E-state index is 0.0273. The van der Waals surface area contributed by atoms with Gasteiger partial charge >= 0.3 is 5.97 Å². The summed E-state index contributed by atoms with van der Waals surface area (Å²) in [7, 11) is 1.30. The van der Waals surface area contributed by atoms with E-state index in [4.69, 9.17) is 9.47 Å². The van der Waals surface area contributed by atoms with E-state index in [2.05, 4.69) is 23.4 Å². The van der Waals surface area contributed by atoms with Gasteiger partial charge in [0.1, 0.15) is 5.82 Å². The second-order valence-corrected chi connectivity index (χ2v) is 9.53. The van der Waals surface area contributed by atoms with Crippen LogP contribution in [-0.4, -0.2) is 35.3 Å². The van der Waals surface area contributed by atoms with Crippen LogP contribution in [0.2, 0.25) is 0 Å². The van der Waals surface area contributed by atoms with Crippen molar-refractivity contribution in [1.82, 2.24) is 4.57 Å². The molecule has 1 aromatic heterocycles. The van der Waals surface area contributed by atoms with E-state index in [9.17, 15) is 14.3 Å². The number of aliphatic hydroxyl groups excluding tert-OH is 1. The number of rotatable bonds is 11. The SMILES string of the molecule is COC(=O)C[C@H](O)CCn1c(-c2ccc(F)cc2)c(-c2ccccc2)c(OC=Nc2ccccc2)c1C(C)C. The first-order chi connectivity index (χ1) is 18.9. The van der Waals surface area contributed by atoms with E-state index in [1.54, 1.807) is 12.1 Å². The fraction of sp³-hybridized carbons (Fsp3) is 0.250. The Kier molecular flexibility index (Phi) is 9.28. The van der Waals surface area contributed by atoms with Gasteiger partial charge in [-0.3, -0.25) is 4.79 Å². The van der Waals surface area contributed by atoms with Crippen molar-refractivity contribution in [2.24, 2.45) is 4.99 Å². The van der Waals surface area contributed by atoms with Gasteiger partial charge in [-0.05, 0) is 59.9 Å². The summed E-state index contributed by atoms with van der Waals surface area (Å²) in [5, 5.41) is 10.6. The van der Waals surface area contributed by atoms with E-state index in [0.717, 1.165) is 33.8 Å². The Hall–Kier alpha value is -4.23. The van der Waals surface area contributed by atoms with Crippen LogP contribution in [0.15, 0.2) is 89.9 Å². The highest BCUT2D eigenvalue weighted by Gasteiger charge is 2.28. The number of nitrogens with zero attached hydrogens (tertiary/aromatic N) is 2. The fourth-order valence-corrected chi connectivity index (χ4v) is 4.63. The average Bonchev–Trinajstić information content (AvgIpc) is 3.27. The number of aromatic nitrogens is 1. The quantitative estimate of drug-likeness (QED) is 0.128. The van der Waals surface area contributed by atoms with Crippen molar-refractivity contribution in [2.45, 2.75) is 45.3 Å². The molecule has 3 aromatic carbocycles. The second-order valence-electron chi connectivity index (χ2n) is 9.53. The van der Waals surface area contributed by atoms with Crippen LogP contribution in [0.4, 0.5) is 10.1 Å². The summed E-state index contributed by atoms with van der Waals surface area (Å²) < 4.78 is 27.1. The summed E-state index contributed by atoms with van der Waals surface area (Å²) in [4.78, 5) is 16.2. The number of para-hydroxylation sites is 1. The number of ether oxygens (including phenoxy) is 2. The highest BCUT2D eigenvalue weighted by Crippen LogP contribution is 2.47. The molecule has 0 aliphatic carbocycles. The smallest absolute Gasteiger partial charge is 0.308 e. The van der Waals surface area contributed by atoms with Crippen LogP contribution in [0.3, 0.4) is 0 Å². The molecule has 0 amide bonds. The minimum Gasteiger partial charge on any atom is -0.469 e. The Morgan fingerprint density at radius 1 is 0.974 bits per heavy atom. The largest absolute Gasteiger partial charge is 0.469 e. The van der Waals surface area contributed by atoms with Gasteiger partial charge in [-0.2, -0.15) is 0 Å². The predicted octanol–water partition coefficient (Wildman–Crippen LogP) is 7.14. The third-order valence-corrected chi connectivity index (χ3v) is 6.43. The molecule has 0 fully saturated rings. The third kappa shape index (κ3) is 6.81. The van der Waals surface area contributed by atoms with E-state index in [1.807, 2.05) is 60.7 Å². The molecule has 4 rings (SSSR count). The first kappa shape index (κ1) is 27.8. The van der Waals surface area contributed by atoms with Crippen molar-refractivity contribution < 1.29 is 23.8 Å². The zero-order valence-corrected chi connectivity index (χ0v) is 22.4. The van der Waals surface area contributed by atoms with Gasteiger partial charge in [-0.1, -0.05) is 62.4 Å². The van der Waals surface area contributed by atoms with Gasteiger partial charge in [0.2, 0.25) is 0 Å². The molecule has 6 nitrogen and oxygen atoms in total. The van der Waals surface area contributed by atoms with Crippen LogP contribution < -0.4 is 4.74 Å². The van der Waals surface area contributed by atoms with Crippen molar-refractivity contribution in [1.29, 1.82) is 0 Å². The normalized spacial score (nSPS) is 12.2. The topological polar surface area (TPSA) is 73.0 Å². The molecular formula is C32H33FN2O4. The molecule has 7 heteroatoms. The number of carbonyl (C=O) groups excluding carboxylic acids is 1. The fourth-order valence-electron chi connectivity index (χ4n) is 4.63. The number of aliphatic hydroxyl groups is 1. The molecule has 0 spiro atoms. The zero-order valence-electron chi connectivity index (χ0n) is 22.4. The number of aliphatic imine (C=N–C) groups is 1. The number of carbonyl (C=O) groups is 1. The Labute approximate surface area is 228 Å². The lowest BCUT2D eigenvalue weighted by molar-refractivity contribution is -0.142. The number of methoxy groups -OCH3 is 1. The Balaban J connectivity index is 1.89. The first-order valence-electron chi connectivity index (χ1n) is 13.0. The summed E-state index contributed by atoms with van der Waals surface area (Å²) in [5.41, 5.74) is 5.06. The van der Waals surface area contributed by atoms with Crippen molar-refractivity contribution in [3.05, 3.63) is 96.4 Å². The lowest BCUT2D eigenvalue weighted by atomic mass is 9.99. The molecule has 39 heavy (non-hydrogen) atoms. The molecule has 0 unspecified atom stereocenters. The monoisotopic (exact) mass is 528 g/mol. The van der Waals surface area contributed by atoms with Crippen LogP contribution in [0.25, 0.3) is 22.4 Å². The van der Waals surface area contributed by atoms with Crippen LogP contribution in [0.5, 0.6) is 5.75 Å². The number of benzene rings is 3. The van der Waals surface area contributed by atoms with Crippen LogP contribution in [0, 0.1) is 5.82 Å². The first-order valence-corrected chi connectivity index (χ1v) is 13.0. The standard InChI is InChI=1S/C32H33FN2O4/c1-22(2)30-32(39-21-34-26-12-8-5-9-13-26)29(23-10-6-4-7-11-23)31(24-14-16-25(33)17-15-24)35(30)19-18-27(36)20-28(37)38-3/h4-17,21-22,27,36H,18-20H2,1-3H3/t27-/m1/s1. The van der Waals surface area contributed by atoms with Crippen molar-refractivity contribution in [3.63, 3.8) is 0 Å². The average molecular weight is 529 g/mol. The highest BCUT2D eigenvalue weighted by atomic mass is 19.1. The van der Waals surface area contributed by atoms with E-state index >= 15 is 0 Å². The van der Waals surface area contributed by atoms with Gasteiger partial charge < -0.3 is 19.1 Å². The number of hydrogen-bond donors (Lipinski definition) is 1. The van der Waals surface area contributed by atoms with Crippen LogP contribution in [-0.2, 0) is 16.1 Å². The molecule has 0 aliphatic rings. The molecule has 0 saturated carbocycles. The molecular weight excluding hydrogens is 495 g/mol. The van der Waals surface area contributed by atoms with Gasteiger partial charge in [0.25, 0.3) is 0 Å². The molecule has 0 aliphatic heterocycles. The lowest BCUT2D eigenvalue weighted by Gasteiger charge is -2.18. The van der Waals surface area contributed by atoms with Crippen molar-refractivity contribution in [2.75, 3.05) is 7.11 Å². The summed E-state index contributed by atoms with van der Waals surface area (Å²) in [5.74, 6) is -0.136. The number of hydrogen-bond acceptors (Lipinski definition) is 5. The van der Waals surface area contributed by atoms with Crippen LogP contribution >= 0.6 is 0 Å².